The van der Waals surface area contributed by atoms with Gasteiger partial charge in [-0.2, -0.15) is 11.8 Å². The number of nitrogen functional groups attached to an aromatic ring is 1. The number of aliphatic hydroxyl groups is 1. The van der Waals surface area contributed by atoms with Crippen LogP contribution >= 0.6 is 11.8 Å². The molecule has 0 bridgehead atoms. The third kappa shape index (κ3) is 4.68. The van der Waals surface area contributed by atoms with Crippen LogP contribution in [-0.2, 0) is 0 Å². The van der Waals surface area contributed by atoms with E-state index >= 15 is 0 Å². The van der Waals surface area contributed by atoms with Crippen LogP contribution in [-0.4, -0.2) is 35.7 Å². The number of halogens is 2. The molecule has 0 saturated heterocycles. The fourth-order valence-corrected chi connectivity index (χ4v) is 2.15. The first-order valence-electron chi connectivity index (χ1n) is 5.78. The van der Waals surface area contributed by atoms with E-state index < -0.39 is 23.1 Å². The van der Waals surface area contributed by atoms with Crippen molar-refractivity contribution in [2.75, 3.05) is 30.4 Å². The number of amides is 1. The third-order valence-electron chi connectivity index (χ3n) is 2.33. The summed E-state index contributed by atoms with van der Waals surface area (Å²) in [5, 5.41) is 11.0. The predicted octanol–water partition coefficient (Wildman–Crippen LogP) is 1.39. The van der Waals surface area contributed by atoms with Gasteiger partial charge in [0, 0.05) is 18.9 Å². The number of nitrogens with one attached hydrogen (secondary N) is 1. The lowest BCUT2D eigenvalue weighted by molar-refractivity contribution is 0.0948. The van der Waals surface area contributed by atoms with E-state index in [1.807, 2.05) is 0 Å². The molecule has 0 radical (unpaired) electrons. The molecule has 0 aromatic heterocycles. The van der Waals surface area contributed by atoms with Gasteiger partial charge in [0.25, 0.3) is 5.91 Å². The Bertz CT molecular complexity index is 444. The summed E-state index contributed by atoms with van der Waals surface area (Å²) in [6.07, 6.45) is 0.678. The van der Waals surface area contributed by atoms with E-state index in [0.29, 0.717) is 18.7 Å². The van der Waals surface area contributed by atoms with E-state index in [1.165, 1.54) is 11.8 Å². The molecule has 7 heteroatoms. The molecule has 0 aliphatic heterocycles. The standard InChI is InChI=1S/C12H16F2N2O2S/c13-8-2-3-9(15)11(14)10(8)12(18)16-4-7-19-6-1-5-17/h2-3,17H,1,4-7,15H2,(H,16,18). The Morgan fingerprint density at radius 1 is 1.37 bits per heavy atom. The lowest BCUT2D eigenvalue weighted by atomic mass is 10.1. The van der Waals surface area contributed by atoms with E-state index in [1.54, 1.807) is 0 Å². The highest BCUT2D eigenvalue weighted by Gasteiger charge is 2.18. The topological polar surface area (TPSA) is 75.4 Å². The maximum Gasteiger partial charge on any atom is 0.257 e. The summed E-state index contributed by atoms with van der Waals surface area (Å²) in [5.74, 6) is -1.40. The Morgan fingerprint density at radius 2 is 2.11 bits per heavy atom. The Balaban J connectivity index is 2.48. The number of anilines is 1. The summed E-state index contributed by atoms with van der Waals surface area (Å²) >= 11 is 1.54. The molecular formula is C12H16F2N2O2S. The zero-order chi connectivity index (χ0) is 14.3. The van der Waals surface area contributed by atoms with Gasteiger partial charge in [0.2, 0.25) is 0 Å². The molecule has 0 unspecified atom stereocenters. The van der Waals surface area contributed by atoms with E-state index in [0.717, 1.165) is 17.9 Å². The van der Waals surface area contributed by atoms with Crippen molar-refractivity contribution in [3.8, 4) is 0 Å². The first-order chi connectivity index (χ1) is 9.07. The molecule has 1 aromatic carbocycles. The van der Waals surface area contributed by atoms with E-state index in [4.69, 9.17) is 10.8 Å². The molecule has 0 spiro atoms. The van der Waals surface area contributed by atoms with Crippen molar-refractivity contribution in [2.45, 2.75) is 6.42 Å². The number of carbonyl (C=O) groups is 1. The molecule has 1 aromatic rings. The number of hydrogen-bond donors (Lipinski definition) is 3. The number of hydrogen-bond acceptors (Lipinski definition) is 4. The minimum absolute atomic E-state index is 0.124. The van der Waals surface area contributed by atoms with Crippen LogP contribution in [0.2, 0.25) is 0 Å². The smallest absolute Gasteiger partial charge is 0.257 e. The van der Waals surface area contributed by atoms with Crippen LogP contribution in [0.3, 0.4) is 0 Å². The number of aliphatic hydroxyl groups excluding tert-OH is 1. The number of thioether (sulfide) groups is 1. The van der Waals surface area contributed by atoms with Gasteiger partial charge in [0.05, 0.1) is 5.69 Å². The van der Waals surface area contributed by atoms with Gasteiger partial charge < -0.3 is 16.2 Å². The lowest BCUT2D eigenvalue weighted by Gasteiger charge is -2.08. The summed E-state index contributed by atoms with van der Waals surface area (Å²) in [6.45, 7) is 0.418. The van der Waals surface area contributed by atoms with Gasteiger partial charge in [0.1, 0.15) is 11.4 Å². The van der Waals surface area contributed by atoms with Crippen molar-refractivity contribution in [3.63, 3.8) is 0 Å². The summed E-state index contributed by atoms with van der Waals surface area (Å²) in [7, 11) is 0. The average Bonchev–Trinajstić information content (AvgIpc) is 2.38. The molecule has 0 saturated carbocycles. The van der Waals surface area contributed by atoms with Crippen LogP contribution in [0.4, 0.5) is 14.5 Å². The van der Waals surface area contributed by atoms with Crippen LogP contribution < -0.4 is 11.1 Å². The highest BCUT2D eigenvalue weighted by molar-refractivity contribution is 7.99. The van der Waals surface area contributed by atoms with E-state index in [2.05, 4.69) is 5.32 Å². The van der Waals surface area contributed by atoms with Gasteiger partial charge in [-0.3, -0.25) is 4.79 Å². The summed E-state index contributed by atoms with van der Waals surface area (Å²) in [5.41, 5.74) is 4.37. The van der Waals surface area contributed by atoms with Crippen LogP contribution in [0.25, 0.3) is 0 Å². The van der Waals surface area contributed by atoms with Gasteiger partial charge in [-0.1, -0.05) is 0 Å². The molecular weight excluding hydrogens is 274 g/mol. The first-order valence-corrected chi connectivity index (χ1v) is 6.93. The van der Waals surface area contributed by atoms with Gasteiger partial charge in [-0.05, 0) is 24.3 Å². The molecule has 1 rings (SSSR count). The summed E-state index contributed by atoms with van der Waals surface area (Å²) in [4.78, 5) is 11.6. The second kappa shape index (κ2) is 7.96. The lowest BCUT2D eigenvalue weighted by Crippen LogP contribution is -2.28. The summed E-state index contributed by atoms with van der Waals surface area (Å²) in [6, 6.07) is 2.04. The SMILES string of the molecule is Nc1ccc(F)c(C(=O)NCCSCCCO)c1F. The van der Waals surface area contributed by atoms with E-state index in [9.17, 15) is 13.6 Å². The van der Waals surface area contributed by atoms with Crippen LogP contribution in [0, 0.1) is 11.6 Å². The molecule has 0 fully saturated rings. The Kier molecular flexibility index (Phi) is 6.58. The zero-order valence-electron chi connectivity index (χ0n) is 10.3. The van der Waals surface area contributed by atoms with Crippen LogP contribution in [0.15, 0.2) is 12.1 Å². The zero-order valence-corrected chi connectivity index (χ0v) is 11.1. The quantitative estimate of drug-likeness (QED) is 0.524. The van der Waals surface area contributed by atoms with Crippen LogP contribution in [0.1, 0.15) is 16.8 Å². The fourth-order valence-electron chi connectivity index (χ4n) is 1.37. The fraction of sp³-hybridized carbons (Fsp3) is 0.417. The van der Waals surface area contributed by atoms with Gasteiger partial charge in [0.15, 0.2) is 5.82 Å². The number of rotatable bonds is 7. The molecule has 0 aliphatic carbocycles. The maximum atomic E-state index is 13.5. The molecule has 4 nitrogen and oxygen atoms in total. The molecule has 0 aliphatic rings. The number of nitrogens with two attached hydrogens (primary N) is 1. The Hall–Kier alpha value is -1.34. The van der Waals surface area contributed by atoms with Gasteiger partial charge in [-0.25, -0.2) is 8.78 Å². The predicted molar refractivity (Wildman–Crippen MR) is 72.1 cm³/mol. The monoisotopic (exact) mass is 290 g/mol. The van der Waals surface area contributed by atoms with Crippen LogP contribution in [0.5, 0.6) is 0 Å². The van der Waals surface area contributed by atoms with Crippen molar-refractivity contribution in [1.82, 2.24) is 5.32 Å². The van der Waals surface area contributed by atoms with Crippen molar-refractivity contribution in [3.05, 3.63) is 29.3 Å². The third-order valence-corrected chi connectivity index (χ3v) is 3.40. The Morgan fingerprint density at radius 3 is 2.79 bits per heavy atom. The van der Waals surface area contributed by atoms with Gasteiger partial charge >= 0.3 is 0 Å². The molecule has 106 valence electrons. The van der Waals surface area contributed by atoms with Crippen molar-refractivity contribution >= 4 is 23.4 Å². The maximum absolute atomic E-state index is 13.5. The normalized spacial score (nSPS) is 10.5. The second-order valence-electron chi connectivity index (χ2n) is 3.77. The second-order valence-corrected chi connectivity index (χ2v) is 5.00. The minimum atomic E-state index is -1.04. The molecule has 0 atom stereocenters. The Labute approximate surface area is 114 Å². The van der Waals surface area contributed by atoms with Crippen molar-refractivity contribution < 1.29 is 18.7 Å². The minimum Gasteiger partial charge on any atom is -0.396 e. The number of carbonyl (C=O) groups excluding carboxylic acids is 1. The van der Waals surface area contributed by atoms with E-state index in [-0.39, 0.29) is 12.3 Å². The first kappa shape index (κ1) is 15.7. The highest BCUT2D eigenvalue weighted by Crippen LogP contribution is 2.18. The van der Waals surface area contributed by atoms with Crippen molar-refractivity contribution in [2.24, 2.45) is 0 Å². The molecule has 4 N–H and O–H groups in total. The highest BCUT2D eigenvalue weighted by atomic mass is 32.2. The number of benzene rings is 1. The molecule has 19 heavy (non-hydrogen) atoms. The van der Waals surface area contributed by atoms with Crippen molar-refractivity contribution in [1.29, 1.82) is 0 Å². The molecule has 1 amide bonds. The van der Waals surface area contributed by atoms with Gasteiger partial charge in [-0.15, -0.1) is 0 Å². The average molecular weight is 290 g/mol. The largest absolute Gasteiger partial charge is 0.396 e. The summed E-state index contributed by atoms with van der Waals surface area (Å²) < 4.78 is 26.9. The molecule has 0 heterocycles.